The van der Waals surface area contributed by atoms with Gasteiger partial charge >= 0.3 is 0 Å². The molecule has 0 fully saturated rings. The molecule has 0 amide bonds. The Morgan fingerprint density at radius 3 is 1.39 bits per heavy atom. The van der Waals surface area contributed by atoms with Crippen LogP contribution in [0.3, 0.4) is 0 Å². The molecule has 16 heteroatoms. The molecule has 0 radical (unpaired) electrons. The van der Waals surface area contributed by atoms with Crippen molar-refractivity contribution in [2.75, 3.05) is 23.0 Å². The van der Waals surface area contributed by atoms with E-state index in [1.54, 1.807) is 3.97 Å². The lowest BCUT2D eigenvalue weighted by Crippen LogP contribution is -2.12. The summed E-state index contributed by atoms with van der Waals surface area (Å²) < 4.78 is 60.3. The number of benzene rings is 4. The number of unbranched alkanes of at least 4 members (excludes halogenated alkanes) is 4. The molecule has 3 aromatic heterocycles. The van der Waals surface area contributed by atoms with Crippen LogP contribution in [0.25, 0.3) is 89.7 Å². The Bertz CT molecular complexity index is 3240. The monoisotopic (exact) mass is 930 g/mol. The summed E-state index contributed by atoms with van der Waals surface area (Å²) in [6, 6.07) is 25.0. The minimum absolute atomic E-state index is 0.321. The van der Waals surface area contributed by atoms with E-state index in [9.17, 15) is 16.8 Å². The van der Waals surface area contributed by atoms with Crippen LogP contribution in [0.1, 0.15) is 79.1 Å². The fourth-order valence-electron chi connectivity index (χ4n) is 8.09. The van der Waals surface area contributed by atoms with E-state index in [4.69, 9.17) is 29.9 Å². The van der Waals surface area contributed by atoms with Gasteiger partial charge in [-0.15, -0.1) is 0 Å². The highest BCUT2D eigenvalue weighted by atomic mass is 32.2. The lowest BCUT2D eigenvalue weighted by atomic mass is 10.1. The summed E-state index contributed by atoms with van der Waals surface area (Å²) in [5.74, 6) is 2.91. The minimum atomic E-state index is -1.66. The molecule has 64 heavy (non-hydrogen) atoms. The number of H-pyrrole nitrogens is 1. The van der Waals surface area contributed by atoms with Gasteiger partial charge in [0.1, 0.15) is 22.3 Å². The fraction of sp³-hybridized carbons (Fsp3) is 0.333. The minimum Gasteiger partial charge on any atom is -0.324 e. The largest absolute Gasteiger partial charge is 0.324 e. The van der Waals surface area contributed by atoms with Crippen LogP contribution in [0.4, 0.5) is 0 Å². The highest BCUT2D eigenvalue weighted by Crippen LogP contribution is 2.41. The molecule has 2 aliphatic rings. The van der Waals surface area contributed by atoms with Gasteiger partial charge in [-0.25, -0.2) is 38.1 Å². The number of nitrogens with zero attached hydrogens (tertiary/aromatic N) is 7. The molecule has 5 heterocycles. The molecule has 0 saturated heterocycles. The average molecular weight is 931 g/mol. The van der Waals surface area contributed by atoms with Gasteiger partial charge in [-0.05, 0) is 31.7 Å². The van der Waals surface area contributed by atoms with Gasteiger partial charge in [0.05, 0.1) is 47.1 Å². The first kappa shape index (κ1) is 44.1. The second kappa shape index (κ2) is 19.1. The van der Waals surface area contributed by atoms with Crippen LogP contribution in [0.15, 0.2) is 93.5 Å². The summed E-state index contributed by atoms with van der Waals surface area (Å²) in [6.07, 6.45) is 6.11. The first-order valence-corrected chi connectivity index (χ1v) is 27.4. The molecule has 0 aliphatic carbocycles. The fourth-order valence-corrected chi connectivity index (χ4v) is 14.8. The van der Waals surface area contributed by atoms with Gasteiger partial charge in [0.15, 0.2) is 34.6 Å². The molecule has 1 N–H and O–H groups in total. The summed E-state index contributed by atoms with van der Waals surface area (Å²) in [6.45, 7) is 8.21. The highest BCUT2D eigenvalue weighted by Gasteiger charge is 2.30. The predicted molar refractivity (Wildman–Crippen MR) is 262 cm³/mol. The van der Waals surface area contributed by atoms with Crippen molar-refractivity contribution in [1.82, 2.24) is 38.9 Å². The van der Waals surface area contributed by atoms with Gasteiger partial charge < -0.3 is 4.98 Å². The Morgan fingerprint density at radius 2 is 0.891 bits per heavy atom. The molecule has 0 spiro atoms. The van der Waals surface area contributed by atoms with Gasteiger partial charge in [0.25, 0.3) is 0 Å². The lowest BCUT2D eigenvalue weighted by molar-refractivity contribution is 0.664. The van der Waals surface area contributed by atoms with Crippen molar-refractivity contribution in [2.24, 2.45) is 0 Å². The van der Waals surface area contributed by atoms with Crippen molar-refractivity contribution < 1.29 is 16.8 Å². The first-order chi connectivity index (χ1) is 31.3. The molecule has 7 aromatic rings. The number of fused-ring (bicyclic) bond motifs is 20. The van der Waals surface area contributed by atoms with Crippen molar-refractivity contribution >= 4 is 87.5 Å². The Morgan fingerprint density at radius 1 is 0.469 bits per heavy atom. The van der Waals surface area contributed by atoms with Crippen LogP contribution in [0.5, 0.6) is 0 Å². The Labute approximate surface area is 382 Å². The first-order valence-electron chi connectivity index (χ1n) is 22.1. The Kier molecular flexibility index (Phi) is 13.2. The van der Waals surface area contributed by atoms with E-state index in [0.29, 0.717) is 114 Å². The molecule has 4 atom stereocenters. The molecule has 330 valence electrons. The second-order valence-corrected chi connectivity index (χ2v) is 21.9. The summed E-state index contributed by atoms with van der Waals surface area (Å²) >= 11 is 0. The standard InChI is InChI=1S/C48H50N8O4S4/c1-5-9-25-61(57)37-29-36-38(40(63(59)27-11-7-3)39(37)62(58)26-10-6-2)46-52-42-31-20-14-16-22-33(31)44(50-42)55-48-35-24-18-17-23-34(35)47(56(48)64(60)28-12-8-4)54-43-32-21-15-13-19-30(32)41(49-43)51-45(36)53-46/h13-24,29H,5-12,25-28H2,1-4H3,(H,49,50,51,52,53,54,55). The molecule has 12 nitrogen and oxygen atoms in total. The van der Waals surface area contributed by atoms with E-state index in [1.807, 2.05) is 99.6 Å². The Balaban J connectivity index is 1.51. The van der Waals surface area contributed by atoms with Crippen LogP contribution in [0.2, 0.25) is 0 Å². The lowest BCUT2D eigenvalue weighted by Gasteiger charge is -2.16. The average Bonchev–Trinajstić information content (AvgIpc) is 4.04. The second-order valence-electron chi connectivity index (χ2n) is 15.9. The molecule has 0 saturated carbocycles. The quantitative estimate of drug-likeness (QED) is 0.0985. The van der Waals surface area contributed by atoms with Crippen molar-refractivity contribution in [2.45, 2.75) is 93.7 Å². The normalized spacial score (nSPS) is 14.1. The third kappa shape index (κ3) is 8.11. The number of rotatable bonds is 16. The van der Waals surface area contributed by atoms with Crippen molar-refractivity contribution in [1.29, 1.82) is 0 Å². The molecule has 2 aliphatic heterocycles. The molecular weight excluding hydrogens is 881 g/mol. The maximum atomic E-state index is 14.9. The van der Waals surface area contributed by atoms with Gasteiger partial charge in [-0.3, -0.25) is 12.6 Å². The van der Waals surface area contributed by atoms with E-state index in [2.05, 4.69) is 11.9 Å². The molecule has 9 rings (SSSR count). The van der Waals surface area contributed by atoms with E-state index >= 15 is 0 Å². The van der Waals surface area contributed by atoms with Crippen LogP contribution in [-0.4, -0.2) is 78.7 Å². The molecule has 8 bridgehead atoms. The molecule has 4 unspecified atom stereocenters. The maximum absolute atomic E-state index is 14.9. The third-order valence-corrected chi connectivity index (χ3v) is 17.6. The topological polar surface area (TPSA) is 166 Å². The zero-order valence-corrected chi connectivity index (χ0v) is 39.7. The predicted octanol–water partition coefficient (Wildman–Crippen LogP) is 10.4. The third-order valence-electron chi connectivity index (χ3n) is 11.5. The SMILES string of the molecule is CCCCS(=O)c1cc2c3nc4nc(nc5c6ccccc6c(nc6nc(nc([nH]3)c2c(S(=O)CCCC)c1S(=O)CCCC)-c1ccccc1-6)n5S(=O)CCCC)-c1ccccc1-4. The summed E-state index contributed by atoms with van der Waals surface area (Å²) in [5, 5.41) is 2.56. The molecule has 4 aromatic carbocycles. The number of aromatic nitrogens is 8. The number of hydrogen-bond acceptors (Lipinski definition) is 10. The number of hydrogen-bond donors (Lipinski definition) is 1. The zero-order chi connectivity index (χ0) is 44.5. The van der Waals surface area contributed by atoms with Gasteiger partial charge in [0.2, 0.25) is 0 Å². The van der Waals surface area contributed by atoms with Crippen molar-refractivity contribution in [3.63, 3.8) is 0 Å². The number of aromatic amines is 1. The van der Waals surface area contributed by atoms with Crippen molar-refractivity contribution in [3.8, 4) is 45.6 Å². The molecular formula is C48H50N8O4S4. The van der Waals surface area contributed by atoms with Gasteiger partial charge in [0, 0.05) is 66.8 Å². The number of nitrogens with one attached hydrogen (secondary N) is 1. The van der Waals surface area contributed by atoms with Crippen LogP contribution in [0, 0.1) is 0 Å². The smallest absolute Gasteiger partial charge is 0.164 e. The summed E-state index contributed by atoms with van der Waals surface area (Å²) in [4.78, 5) is 35.8. The summed E-state index contributed by atoms with van der Waals surface area (Å²) in [5.41, 5.74) is 4.53. The van der Waals surface area contributed by atoms with Gasteiger partial charge in [-0.1, -0.05) is 126 Å². The van der Waals surface area contributed by atoms with E-state index in [1.165, 1.54) is 0 Å². The van der Waals surface area contributed by atoms with E-state index in [0.717, 1.165) is 65.1 Å². The van der Waals surface area contributed by atoms with Crippen LogP contribution in [-0.2, 0) is 43.4 Å². The zero-order valence-electron chi connectivity index (χ0n) is 36.4. The van der Waals surface area contributed by atoms with Crippen LogP contribution < -0.4 is 0 Å². The van der Waals surface area contributed by atoms with E-state index < -0.39 is 43.4 Å². The van der Waals surface area contributed by atoms with Crippen molar-refractivity contribution in [3.05, 3.63) is 78.9 Å². The highest BCUT2D eigenvalue weighted by molar-refractivity contribution is 7.90. The van der Waals surface area contributed by atoms with Gasteiger partial charge in [-0.2, -0.15) is 0 Å². The van der Waals surface area contributed by atoms with Crippen LogP contribution >= 0.6 is 0 Å². The Hall–Kier alpha value is -5.16. The maximum Gasteiger partial charge on any atom is 0.164 e. The summed E-state index contributed by atoms with van der Waals surface area (Å²) in [7, 11) is -6.39. The van der Waals surface area contributed by atoms with E-state index in [-0.39, 0.29) is 0 Å².